The van der Waals surface area contributed by atoms with Crippen molar-refractivity contribution in [3.05, 3.63) is 64.2 Å². The average molecular weight is 410 g/mol. The number of para-hydroxylation sites is 1. The Kier molecular flexibility index (Phi) is 5.40. The first-order chi connectivity index (χ1) is 13.7. The standard InChI is InChI=1S/C20H19N5OS2/c1-3-7-14-13(2)23-20-21-12-22-25(20)19(14)28-16-9-5-4-8-15(16)24-18(26)17-10-6-11-27-17/h4-6,8-12H,3,7H2,1-2H3,(H,24,26). The number of fused-ring (bicyclic) bond motifs is 1. The van der Waals surface area contributed by atoms with Crippen LogP contribution in [-0.2, 0) is 6.42 Å². The lowest BCUT2D eigenvalue weighted by molar-refractivity contribution is 0.103. The minimum Gasteiger partial charge on any atom is -0.320 e. The Morgan fingerprint density at radius 3 is 2.89 bits per heavy atom. The molecule has 0 fully saturated rings. The maximum Gasteiger partial charge on any atom is 0.265 e. The van der Waals surface area contributed by atoms with E-state index in [0.29, 0.717) is 10.7 Å². The van der Waals surface area contributed by atoms with Crippen molar-refractivity contribution in [3.8, 4) is 0 Å². The highest BCUT2D eigenvalue weighted by molar-refractivity contribution is 7.99. The highest BCUT2D eigenvalue weighted by Gasteiger charge is 2.17. The number of aryl methyl sites for hydroxylation is 1. The largest absolute Gasteiger partial charge is 0.320 e. The van der Waals surface area contributed by atoms with Gasteiger partial charge in [-0.1, -0.05) is 43.3 Å². The molecule has 0 saturated carbocycles. The molecule has 1 aromatic carbocycles. The number of nitrogens with one attached hydrogen (secondary N) is 1. The molecule has 0 spiro atoms. The zero-order chi connectivity index (χ0) is 19.5. The molecule has 4 rings (SSSR count). The van der Waals surface area contributed by atoms with Crippen LogP contribution in [-0.4, -0.2) is 25.5 Å². The number of aromatic nitrogens is 4. The number of thiophene rings is 1. The van der Waals surface area contributed by atoms with Gasteiger partial charge in [0.15, 0.2) is 0 Å². The van der Waals surface area contributed by atoms with E-state index in [0.717, 1.165) is 39.7 Å². The van der Waals surface area contributed by atoms with Crippen molar-refractivity contribution in [2.45, 2.75) is 36.6 Å². The van der Waals surface area contributed by atoms with Crippen molar-refractivity contribution in [3.63, 3.8) is 0 Å². The Morgan fingerprint density at radius 2 is 2.11 bits per heavy atom. The molecule has 4 aromatic rings. The van der Waals surface area contributed by atoms with Gasteiger partial charge in [-0.15, -0.1) is 11.3 Å². The summed E-state index contributed by atoms with van der Waals surface area (Å²) >= 11 is 3.00. The molecule has 1 N–H and O–H groups in total. The molecule has 0 aliphatic rings. The van der Waals surface area contributed by atoms with E-state index in [1.807, 2.05) is 48.7 Å². The van der Waals surface area contributed by atoms with Crippen LogP contribution in [0.3, 0.4) is 0 Å². The minimum atomic E-state index is -0.103. The zero-order valence-electron chi connectivity index (χ0n) is 15.5. The second-order valence-electron chi connectivity index (χ2n) is 6.23. The summed E-state index contributed by atoms with van der Waals surface area (Å²) in [6, 6.07) is 11.5. The zero-order valence-corrected chi connectivity index (χ0v) is 17.2. The van der Waals surface area contributed by atoms with Crippen molar-refractivity contribution < 1.29 is 4.79 Å². The monoisotopic (exact) mass is 409 g/mol. The van der Waals surface area contributed by atoms with Crippen LogP contribution in [0.2, 0.25) is 0 Å². The molecule has 8 heteroatoms. The summed E-state index contributed by atoms with van der Waals surface area (Å²) in [4.78, 5) is 23.0. The SMILES string of the molecule is CCCc1c(C)nc2ncnn2c1Sc1ccccc1NC(=O)c1cccs1. The second-order valence-corrected chi connectivity index (χ2v) is 8.21. The van der Waals surface area contributed by atoms with Crippen molar-refractivity contribution in [2.75, 3.05) is 5.32 Å². The van der Waals surface area contributed by atoms with Crippen LogP contribution in [0.5, 0.6) is 0 Å². The molecule has 3 aromatic heterocycles. The summed E-state index contributed by atoms with van der Waals surface area (Å²) in [6.07, 6.45) is 3.43. The van der Waals surface area contributed by atoms with Crippen LogP contribution < -0.4 is 5.32 Å². The topological polar surface area (TPSA) is 72.2 Å². The van der Waals surface area contributed by atoms with E-state index < -0.39 is 0 Å². The number of hydrogen-bond acceptors (Lipinski definition) is 6. The summed E-state index contributed by atoms with van der Waals surface area (Å²) in [5.41, 5.74) is 2.89. The molecule has 0 aliphatic heterocycles. The predicted octanol–water partition coefficient (Wildman–Crippen LogP) is 4.85. The fourth-order valence-electron chi connectivity index (χ4n) is 2.95. The molecular weight excluding hydrogens is 390 g/mol. The maximum absolute atomic E-state index is 12.5. The van der Waals surface area contributed by atoms with E-state index in [9.17, 15) is 4.79 Å². The van der Waals surface area contributed by atoms with Gasteiger partial charge in [-0.3, -0.25) is 4.79 Å². The van der Waals surface area contributed by atoms with Gasteiger partial charge in [0.25, 0.3) is 11.7 Å². The summed E-state index contributed by atoms with van der Waals surface area (Å²) in [5.74, 6) is 0.480. The predicted molar refractivity (Wildman–Crippen MR) is 112 cm³/mol. The number of anilines is 1. The van der Waals surface area contributed by atoms with Crippen LogP contribution >= 0.6 is 23.1 Å². The first kappa shape index (κ1) is 18.6. The smallest absolute Gasteiger partial charge is 0.265 e. The van der Waals surface area contributed by atoms with E-state index in [1.54, 1.807) is 16.3 Å². The number of amides is 1. The third-order valence-corrected chi connectivity index (χ3v) is 6.33. The van der Waals surface area contributed by atoms with Gasteiger partial charge in [0.1, 0.15) is 11.4 Å². The highest BCUT2D eigenvalue weighted by atomic mass is 32.2. The number of carbonyl (C=O) groups excluding carboxylic acids is 1. The molecule has 0 aliphatic carbocycles. The Bertz CT molecular complexity index is 1120. The molecule has 6 nitrogen and oxygen atoms in total. The molecule has 3 heterocycles. The number of benzene rings is 1. The summed E-state index contributed by atoms with van der Waals surface area (Å²) < 4.78 is 1.78. The lowest BCUT2D eigenvalue weighted by Gasteiger charge is -2.15. The van der Waals surface area contributed by atoms with Crippen LogP contribution in [0.25, 0.3) is 5.78 Å². The van der Waals surface area contributed by atoms with Crippen molar-refractivity contribution >= 4 is 40.5 Å². The average Bonchev–Trinajstić information content (AvgIpc) is 3.37. The van der Waals surface area contributed by atoms with Crippen molar-refractivity contribution in [2.24, 2.45) is 0 Å². The van der Waals surface area contributed by atoms with Gasteiger partial charge in [0.05, 0.1) is 10.6 Å². The van der Waals surface area contributed by atoms with Gasteiger partial charge in [0, 0.05) is 16.2 Å². The number of rotatable bonds is 6. The molecule has 0 radical (unpaired) electrons. The quantitative estimate of drug-likeness (QED) is 0.461. The van der Waals surface area contributed by atoms with E-state index in [-0.39, 0.29) is 5.91 Å². The molecule has 0 unspecified atom stereocenters. The molecule has 1 amide bonds. The maximum atomic E-state index is 12.5. The first-order valence-electron chi connectivity index (χ1n) is 8.98. The fraction of sp³-hybridized carbons (Fsp3) is 0.200. The Hall–Kier alpha value is -2.71. The third kappa shape index (κ3) is 3.65. The van der Waals surface area contributed by atoms with Crippen LogP contribution in [0.15, 0.2) is 58.0 Å². The molecule has 0 atom stereocenters. The van der Waals surface area contributed by atoms with Crippen molar-refractivity contribution in [1.82, 2.24) is 19.6 Å². The molecule has 0 bridgehead atoms. The van der Waals surface area contributed by atoms with E-state index >= 15 is 0 Å². The molecule has 0 saturated heterocycles. The molecule has 28 heavy (non-hydrogen) atoms. The Balaban J connectivity index is 1.73. The van der Waals surface area contributed by atoms with Gasteiger partial charge < -0.3 is 5.32 Å². The molecule has 142 valence electrons. The Morgan fingerprint density at radius 1 is 1.25 bits per heavy atom. The molecular formula is C20H19N5OS2. The second kappa shape index (κ2) is 8.12. The highest BCUT2D eigenvalue weighted by Crippen LogP contribution is 2.36. The minimum absolute atomic E-state index is 0.103. The third-order valence-electron chi connectivity index (χ3n) is 4.27. The van der Waals surface area contributed by atoms with Gasteiger partial charge >= 0.3 is 0 Å². The van der Waals surface area contributed by atoms with Gasteiger partial charge in [-0.25, -0.2) is 4.98 Å². The fourth-order valence-corrected chi connectivity index (χ4v) is 4.74. The lowest BCUT2D eigenvalue weighted by Crippen LogP contribution is -2.11. The van der Waals surface area contributed by atoms with Crippen LogP contribution in [0.1, 0.15) is 34.3 Å². The summed E-state index contributed by atoms with van der Waals surface area (Å²) in [5, 5.41) is 10.3. The van der Waals surface area contributed by atoms with Gasteiger partial charge in [-0.2, -0.15) is 14.6 Å². The summed E-state index contributed by atoms with van der Waals surface area (Å²) in [7, 11) is 0. The summed E-state index contributed by atoms with van der Waals surface area (Å²) in [6.45, 7) is 4.16. The Labute approximate surface area is 171 Å². The lowest BCUT2D eigenvalue weighted by atomic mass is 10.1. The van der Waals surface area contributed by atoms with E-state index in [1.165, 1.54) is 17.7 Å². The normalized spacial score (nSPS) is 11.1. The van der Waals surface area contributed by atoms with E-state index in [2.05, 4.69) is 27.3 Å². The van der Waals surface area contributed by atoms with Gasteiger partial charge in [-0.05, 0) is 36.9 Å². The number of carbonyl (C=O) groups is 1. The van der Waals surface area contributed by atoms with Gasteiger partial charge in [0.2, 0.25) is 0 Å². The number of nitrogens with zero attached hydrogens (tertiary/aromatic N) is 4. The van der Waals surface area contributed by atoms with Crippen LogP contribution in [0.4, 0.5) is 5.69 Å². The van der Waals surface area contributed by atoms with E-state index in [4.69, 9.17) is 0 Å². The first-order valence-corrected chi connectivity index (χ1v) is 10.7. The number of hydrogen-bond donors (Lipinski definition) is 1. The van der Waals surface area contributed by atoms with Crippen LogP contribution in [0, 0.1) is 6.92 Å². The van der Waals surface area contributed by atoms with Crippen molar-refractivity contribution in [1.29, 1.82) is 0 Å².